The van der Waals surface area contributed by atoms with Crippen LogP contribution in [0.1, 0.15) is 58.8 Å². The molecule has 22 heavy (non-hydrogen) atoms. The first-order chi connectivity index (χ1) is 10.5. The normalized spacial score (nSPS) is 59.4. The molecule has 0 aromatic carbocycles. The van der Waals surface area contributed by atoms with Crippen molar-refractivity contribution in [3.05, 3.63) is 0 Å². The molecule has 0 N–H and O–H groups in total. The van der Waals surface area contributed by atoms with Crippen molar-refractivity contribution in [2.45, 2.75) is 71.0 Å². The predicted molar refractivity (Wildman–Crippen MR) is 81.2 cm³/mol. The Kier molecular flexibility index (Phi) is 2.51. The van der Waals surface area contributed by atoms with Crippen molar-refractivity contribution in [1.29, 1.82) is 0 Å². The molecule has 5 fully saturated rings. The Balaban J connectivity index is 1.51. The Hall–Kier alpha value is -0.700. The molecule has 120 valence electrons. The number of hydrogen-bond acceptors (Lipinski definition) is 3. The van der Waals surface area contributed by atoms with Gasteiger partial charge in [-0.25, -0.2) is 0 Å². The Morgan fingerprint density at radius 2 is 1.86 bits per heavy atom. The van der Waals surface area contributed by atoms with E-state index in [1.165, 1.54) is 6.42 Å². The zero-order valence-corrected chi connectivity index (χ0v) is 13.6. The minimum atomic E-state index is -0.0847. The molecule has 3 nitrogen and oxygen atoms in total. The number of hydrogen-bond donors (Lipinski definition) is 0. The number of carbonyl (C=O) groups is 2. The first kappa shape index (κ1) is 13.7. The van der Waals surface area contributed by atoms with Crippen LogP contribution in [-0.2, 0) is 14.3 Å². The van der Waals surface area contributed by atoms with Crippen molar-refractivity contribution in [3.8, 4) is 0 Å². The third kappa shape index (κ3) is 1.43. The van der Waals surface area contributed by atoms with E-state index >= 15 is 0 Å². The summed E-state index contributed by atoms with van der Waals surface area (Å²) < 4.78 is 5.85. The minimum Gasteiger partial charge on any atom is -0.361 e. The van der Waals surface area contributed by atoms with E-state index < -0.39 is 0 Å². The lowest BCUT2D eigenvalue weighted by Gasteiger charge is -2.58. The summed E-state index contributed by atoms with van der Waals surface area (Å²) >= 11 is 0. The van der Waals surface area contributed by atoms with Crippen molar-refractivity contribution in [1.82, 2.24) is 0 Å². The van der Waals surface area contributed by atoms with Crippen LogP contribution in [0.25, 0.3) is 0 Å². The highest BCUT2D eigenvalue weighted by Crippen LogP contribution is 2.67. The number of fused-ring (bicyclic) bond motifs is 7. The van der Waals surface area contributed by atoms with E-state index in [2.05, 4.69) is 13.8 Å². The van der Waals surface area contributed by atoms with Crippen LogP contribution in [0.15, 0.2) is 0 Å². The van der Waals surface area contributed by atoms with Gasteiger partial charge in [0.2, 0.25) is 0 Å². The van der Waals surface area contributed by atoms with Crippen LogP contribution in [0, 0.1) is 34.5 Å². The topological polar surface area (TPSA) is 46.7 Å². The zero-order valence-electron chi connectivity index (χ0n) is 13.6. The van der Waals surface area contributed by atoms with Crippen molar-refractivity contribution < 1.29 is 14.3 Å². The molecule has 5 aliphatic rings. The second-order valence-corrected chi connectivity index (χ2v) is 9.08. The quantitative estimate of drug-likeness (QED) is 0.646. The van der Waals surface area contributed by atoms with Gasteiger partial charge in [0, 0.05) is 23.7 Å². The number of carbonyl (C=O) groups excluding carboxylic acids is 2. The molecule has 0 aromatic rings. The summed E-state index contributed by atoms with van der Waals surface area (Å²) in [6.07, 6.45) is 7.35. The monoisotopic (exact) mass is 302 g/mol. The summed E-state index contributed by atoms with van der Waals surface area (Å²) in [5.41, 5.74) is 0.146. The summed E-state index contributed by atoms with van der Waals surface area (Å²) in [6.45, 7) is 4.64. The summed E-state index contributed by atoms with van der Waals surface area (Å²) in [4.78, 5) is 24.5. The lowest BCUT2D eigenvalue weighted by atomic mass is 9.45. The lowest BCUT2D eigenvalue weighted by molar-refractivity contribution is -0.141. The second-order valence-electron chi connectivity index (χ2n) is 9.08. The molecule has 5 rings (SSSR count). The average Bonchev–Trinajstić information content (AvgIpc) is 3.24. The van der Waals surface area contributed by atoms with Gasteiger partial charge in [-0.3, -0.25) is 9.59 Å². The highest BCUT2D eigenvalue weighted by Gasteiger charge is 2.69. The molecule has 0 amide bonds. The maximum absolute atomic E-state index is 12.4. The van der Waals surface area contributed by atoms with Gasteiger partial charge < -0.3 is 4.74 Å². The minimum absolute atomic E-state index is 0.0430. The van der Waals surface area contributed by atoms with Crippen molar-refractivity contribution >= 4 is 11.6 Å². The van der Waals surface area contributed by atoms with Crippen molar-refractivity contribution in [2.24, 2.45) is 34.5 Å². The molecule has 8 unspecified atom stereocenters. The van der Waals surface area contributed by atoms with E-state index in [-0.39, 0.29) is 23.0 Å². The summed E-state index contributed by atoms with van der Waals surface area (Å²) in [5.74, 6) is 3.32. The van der Waals surface area contributed by atoms with Gasteiger partial charge in [0.05, 0.1) is 6.10 Å². The first-order valence-corrected chi connectivity index (χ1v) is 9.17. The average molecular weight is 302 g/mol. The summed E-state index contributed by atoms with van der Waals surface area (Å²) in [6, 6.07) is 0. The van der Waals surface area contributed by atoms with Crippen LogP contribution < -0.4 is 0 Å². The first-order valence-electron chi connectivity index (χ1n) is 9.17. The smallest absolute Gasteiger partial charge is 0.164 e. The molecule has 3 heteroatoms. The standard InChI is InChI=1S/C19H26O3/c1-18-8-7-13-11(12(18)5-6-15(18)21)4-3-10-9-14(20)16-17(22-16)19(10,13)2/h10-13,16-17H,3-9H2,1-2H3. The van der Waals surface area contributed by atoms with Crippen LogP contribution in [0.3, 0.4) is 0 Å². The molecule has 8 atom stereocenters. The summed E-state index contributed by atoms with van der Waals surface area (Å²) in [5, 5.41) is 0. The fraction of sp³-hybridized carbons (Fsp3) is 0.895. The Bertz CT molecular complexity index is 569. The van der Waals surface area contributed by atoms with E-state index in [1.54, 1.807) is 0 Å². The van der Waals surface area contributed by atoms with Crippen LogP contribution in [0.4, 0.5) is 0 Å². The van der Waals surface area contributed by atoms with Gasteiger partial charge >= 0.3 is 0 Å². The summed E-state index contributed by atoms with van der Waals surface area (Å²) in [7, 11) is 0. The number of ether oxygens (including phenoxy) is 1. The van der Waals surface area contributed by atoms with Crippen LogP contribution in [-0.4, -0.2) is 23.8 Å². The third-order valence-electron chi connectivity index (χ3n) is 8.54. The van der Waals surface area contributed by atoms with E-state index in [1.807, 2.05) is 0 Å². The van der Waals surface area contributed by atoms with Crippen LogP contribution in [0.5, 0.6) is 0 Å². The Labute approximate surface area is 132 Å². The Morgan fingerprint density at radius 1 is 1.05 bits per heavy atom. The largest absolute Gasteiger partial charge is 0.361 e. The maximum atomic E-state index is 12.4. The number of epoxide rings is 1. The number of rotatable bonds is 0. The highest BCUT2D eigenvalue weighted by molar-refractivity contribution is 5.88. The van der Waals surface area contributed by atoms with Gasteiger partial charge in [-0.2, -0.15) is 0 Å². The molecule has 0 spiro atoms. The van der Waals surface area contributed by atoms with Gasteiger partial charge in [0.15, 0.2) is 5.78 Å². The molecule has 0 radical (unpaired) electrons. The van der Waals surface area contributed by atoms with Crippen LogP contribution in [0.2, 0.25) is 0 Å². The van der Waals surface area contributed by atoms with E-state index in [4.69, 9.17) is 4.74 Å². The fourth-order valence-corrected chi connectivity index (χ4v) is 7.20. The van der Waals surface area contributed by atoms with Gasteiger partial charge in [-0.05, 0) is 55.8 Å². The molecule has 4 aliphatic carbocycles. The molecular weight excluding hydrogens is 276 g/mol. The van der Waals surface area contributed by atoms with Gasteiger partial charge in [-0.1, -0.05) is 13.8 Å². The van der Waals surface area contributed by atoms with E-state index in [9.17, 15) is 9.59 Å². The highest BCUT2D eigenvalue weighted by atomic mass is 16.6. The lowest BCUT2D eigenvalue weighted by Crippen LogP contribution is -2.56. The molecular formula is C19H26O3. The van der Waals surface area contributed by atoms with E-state index in [0.29, 0.717) is 35.2 Å². The Morgan fingerprint density at radius 3 is 2.68 bits per heavy atom. The molecule has 0 aromatic heterocycles. The SMILES string of the molecule is CC12CCC3C(CCC4CC(=O)C5OC5C43C)C1CCC2=O. The van der Waals surface area contributed by atoms with Crippen molar-refractivity contribution in [3.63, 3.8) is 0 Å². The molecule has 0 bridgehead atoms. The van der Waals surface area contributed by atoms with Gasteiger partial charge in [-0.15, -0.1) is 0 Å². The predicted octanol–water partition coefficient (Wildman–Crippen LogP) is 3.15. The van der Waals surface area contributed by atoms with Crippen molar-refractivity contribution in [2.75, 3.05) is 0 Å². The van der Waals surface area contributed by atoms with Crippen LogP contribution >= 0.6 is 0 Å². The zero-order chi connectivity index (χ0) is 15.3. The second kappa shape index (κ2) is 4.03. The van der Waals surface area contributed by atoms with E-state index in [0.717, 1.165) is 38.5 Å². The molecule has 1 heterocycles. The fourth-order valence-electron chi connectivity index (χ4n) is 7.20. The third-order valence-corrected chi connectivity index (χ3v) is 8.54. The number of Topliss-reactive ketones (excluding diaryl/α,β-unsaturated/α-hetero) is 2. The van der Waals surface area contributed by atoms with Gasteiger partial charge in [0.1, 0.15) is 11.9 Å². The number of ketones is 2. The maximum Gasteiger partial charge on any atom is 0.164 e. The molecule has 1 aliphatic heterocycles. The molecule has 4 saturated carbocycles. The van der Waals surface area contributed by atoms with Gasteiger partial charge in [0.25, 0.3) is 0 Å². The molecule has 1 saturated heterocycles.